The lowest BCUT2D eigenvalue weighted by Crippen LogP contribution is -2.41. The van der Waals surface area contributed by atoms with Crippen molar-refractivity contribution in [3.63, 3.8) is 0 Å². The van der Waals surface area contributed by atoms with E-state index in [0.29, 0.717) is 12.0 Å². The first kappa shape index (κ1) is 13.5. The van der Waals surface area contributed by atoms with E-state index in [4.69, 9.17) is 10.6 Å². The molecule has 4 heteroatoms. The van der Waals surface area contributed by atoms with Crippen LogP contribution in [-0.2, 0) is 11.2 Å². The summed E-state index contributed by atoms with van der Waals surface area (Å²) in [5, 5.41) is 0. The highest BCUT2D eigenvalue weighted by atomic mass is 16.5. The zero-order chi connectivity index (χ0) is 12.8. The average molecular weight is 249 g/mol. The zero-order valence-electron chi connectivity index (χ0n) is 11.1. The van der Waals surface area contributed by atoms with Crippen LogP contribution in [0.25, 0.3) is 0 Å². The number of fused-ring (bicyclic) bond motifs is 1. The molecule has 100 valence electrons. The van der Waals surface area contributed by atoms with Crippen molar-refractivity contribution in [2.24, 2.45) is 5.84 Å². The van der Waals surface area contributed by atoms with Gasteiger partial charge in [0, 0.05) is 37.6 Å². The van der Waals surface area contributed by atoms with Gasteiger partial charge >= 0.3 is 0 Å². The highest BCUT2D eigenvalue weighted by Gasteiger charge is 2.27. The van der Waals surface area contributed by atoms with Crippen LogP contribution in [0.2, 0.25) is 0 Å². The Kier molecular flexibility index (Phi) is 5.11. The summed E-state index contributed by atoms with van der Waals surface area (Å²) in [5.41, 5.74) is 5.61. The third kappa shape index (κ3) is 3.07. The zero-order valence-corrected chi connectivity index (χ0v) is 11.1. The molecule has 0 fully saturated rings. The van der Waals surface area contributed by atoms with Gasteiger partial charge in [0.1, 0.15) is 0 Å². The number of aromatic nitrogens is 1. The van der Waals surface area contributed by atoms with E-state index in [9.17, 15) is 0 Å². The van der Waals surface area contributed by atoms with Crippen LogP contribution >= 0.6 is 0 Å². The molecule has 1 aliphatic carbocycles. The summed E-state index contributed by atoms with van der Waals surface area (Å²) in [6.45, 7) is 0.792. The summed E-state index contributed by atoms with van der Waals surface area (Å²) >= 11 is 0. The predicted molar refractivity (Wildman–Crippen MR) is 72.1 cm³/mol. The van der Waals surface area contributed by atoms with Crippen LogP contribution in [0.4, 0.5) is 0 Å². The van der Waals surface area contributed by atoms with Gasteiger partial charge in [0.05, 0.1) is 0 Å². The predicted octanol–water partition coefficient (Wildman–Crippen LogP) is 1.76. The minimum absolute atomic E-state index is 0.300. The third-order valence-electron chi connectivity index (χ3n) is 3.80. The average Bonchev–Trinajstić information content (AvgIpc) is 2.43. The Morgan fingerprint density at radius 1 is 1.61 bits per heavy atom. The molecule has 0 spiro atoms. The van der Waals surface area contributed by atoms with Crippen LogP contribution in [0.15, 0.2) is 18.3 Å². The fourth-order valence-corrected chi connectivity index (χ4v) is 2.89. The van der Waals surface area contributed by atoms with Crippen LogP contribution in [0.1, 0.15) is 42.9 Å². The maximum Gasteiger partial charge on any atom is 0.0482 e. The molecule has 0 bridgehead atoms. The molecule has 0 amide bonds. The lowest BCUT2D eigenvalue weighted by molar-refractivity contribution is 0.185. The van der Waals surface area contributed by atoms with Gasteiger partial charge in [0.2, 0.25) is 0 Å². The third-order valence-corrected chi connectivity index (χ3v) is 3.80. The molecule has 3 N–H and O–H groups in total. The first-order valence-corrected chi connectivity index (χ1v) is 6.75. The van der Waals surface area contributed by atoms with Crippen molar-refractivity contribution in [1.29, 1.82) is 0 Å². The summed E-state index contributed by atoms with van der Waals surface area (Å²) in [7, 11) is 1.74. The van der Waals surface area contributed by atoms with Crippen molar-refractivity contribution < 1.29 is 4.74 Å². The van der Waals surface area contributed by atoms with E-state index in [0.717, 1.165) is 25.9 Å². The number of rotatable bonds is 6. The molecule has 1 heterocycles. The van der Waals surface area contributed by atoms with Crippen molar-refractivity contribution in [2.75, 3.05) is 13.7 Å². The normalized spacial score (nSPS) is 20.4. The Bertz CT molecular complexity index is 370. The van der Waals surface area contributed by atoms with Gasteiger partial charge in [-0.25, -0.2) is 0 Å². The van der Waals surface area contributed by atoms with Crippen LogP contribution in [-0.4, -0.2) is 24.7 Å². The summed E-state index contributed by atoms with van der Waals surface area (Å²) in [6.07, 6.45) is 7.50. The van der Waals surface area contributed by atoms with Crippen molar-refractivity contribution in [3.05, 3.63) is 29.6 Å². The van der Waals surface area contributed by atoms with E-state index >= 15 is 0 Å². The number of pyridine rings is 1. The van der Waals surface area contributed by atoms with Gasteiger partial charge in [0.15, 0.2) is 0 Å². The number of hydrogen-bond donors (Lipinski definition) is 2. The smallest absolute Gasteiger partial charge is 0.0482 e. The molecule has 0 aromatic carbocycles. The quantitative estimate of drug-likeness (QED) is 0.458. The number of hydrogen-bond acceptors (Lipinski definition) is 4. The van der Waals surface area contributed by atoms with Gasteiger partial charge in [-0.1, -0.05) is 6.07 Å². The van der Waals surface area contributed by atoms with Crippen LogP contribution < -0.4 is 11.3 Å². The molecular weight excluding hydrogens is 226 g/mol. The number of nitrogens with one attached hydrogen (secondary N) is 1. The second-order valence-corrected chi connectivity index (χ2v) is 4.95. The fourth-order valence-electron chi connectivity index (χ4n) is 2.89. The number of nitrogens with zero attached hydrogens (tertiary/aromatic N) is 1. The Labute approximate surface area is 109 Å². The van der Waals surface area contributed by atoms with Crippen LogP contribution in [0.3, 0.4) is 0 Å². The van der Waals surface area contributed by atoms with Gasteiger partial charge in [-0.15, -0.1) is 0 Å². The van der Waals surface area contributed by atoms with Gasteiger partial charge < -0.3 is 4.74 Å². The van der Waals surface area contributed by atoms with Gasteiger partial charge in [0.25, 0.3) is 0 Å². The first-order valence-electron chi connectivity index (χ1n) is 6.75. The molecule has 1 aromatic rings. The molecule has 0 saturated heterocycles. The topological polar surface area (TPSA) is 60.2 Å². The molecule has 4 nitrogen and oxygen atoms in total. The summed E-state index contributed by atoms with van der Waals surface area (Å²) < 4.78 is 5.11. The van der Waals surface area contributed by atoms with Crippen molar-refractivity contribution in [1.82, 2.24) is 10.4 Å². The Morgan fingerprint density at radius 3 is 3.28 bits per heavy atom. The number of methoxy groups -OCH3 is 1. The Hall–Kier alpha value is -0.970. The molecule has 0 radical (unpaired) electrons. The maximum absolute atomic E-state index is 5.72. The van der Waals surface area contributed by atoms with E-state index < -0.39 is 0 Å². The monoisotopic (exact) mass is 249 g/mol. The largest absolute Gasteiger partial charge is 0.385 e. The molecule has 1 aromatic heterocycles. The summed E-state index contributed by atoms with van der Waals surface area (Å²) in [6, 6.07) is 4.52. The van der Waals surface area contributed by atoms with Crippen LogP contribution in [0, 0.1) is 0 Å². The van der Waals surface area contributed by atoms with Crippen molar-refractivity contribution in [3.8, 4) is 0 Å². The van der Waals surface area contributed by atoms with E-state index in [1.807, 2.05) is 12.3 Å². The molecule has 0 aliphatic heterocycles. The van der Waals surface area contributed by atoms with E-state index in [1.54, 1.807) is 7.11 Å². The standard InChI is InChI=1S/C14H23N3O/c1-18-10-4-8-13(17-15)12-7-2-5-11-6-3-9-16-14(11)12/h3,6,9,12-13,17H,2,4-5,7-8,10,15H2,1H3. The molecule has 2 unspecified atom stereocenters. The van der Waals surface area contributed by atoms with Gasteiger partial charge in [-0.3, -0.25) is 16.3 Å². The Balaban J connectivity index is 2.07. The highest BCUT2D eigenvalue weighted by Crippen LogP contribution is 2.33. The molecule has 1 aliphatic rings. The first-order chi connectivity index (χ1) is 8.86. The van der Waals surface area contributed by atoms with Crippen molar-refractivity contribution >= 4 is 0 Å². The number of nitrogens with two attached hydrogens (primary N) is 1. The lowest BCUT2D eigenvalue weighted by Gasteiger charge is -2.31. The minimum atomic E-state index is 0.300. The minimum Gasteiger partial charge on any atom is -0.385 e. The van der Waals surface area contributed by atoms with Gasteiger partial charge in [-0.05, 0) is 43.7 Å². The molecule has 18 heavy (non-hydrogen) atoms. The van der Waals surface area contributed by atoms with Crippen LogP contribution in [0.5, 0.6) is 0 Å². The van der Waals surface area contributed by atoms with Crippen molar-refractivity contribution in [2.45, 2.75) is 44.1 Å². The maximum atomic E-state index is 5.72. The summed E-state index contributed by atoms with van der Waals surface area (Å²) in [5.74, 6) is 6.17. The summed E-state index contributed by atoms with van der Waals surface area (Å²) in [4.78, 5) is 4.57. The van der Waals surface area contributed by atoms with E-state index in [-0.39, 0.29) is 0 Å². The number of hydrazine groups is 1. The number of aryl methyl sites for hydroxylation is 1. The second-order valence-electron chi connectivity index (χ2n) is 4.95. The van der Waals surface area contributed by atoms with Gasteiger partial charge in [-0.2, -0.15) is 0 Å². The number of ether oxygens (including phenoxy) is 1. The molecule has 2 atom stereocenters. The SMILES string of the molecule is COCCCC(NN)C1CCCc2cccnc21. The fraction of sp³-hybridized carbons (Fsp3) is 0.643. The molecular formula is C14H23N3O. The Morgan fingerprint density at radius 2 is 2.50 bits per heavy atom. The highest BCUT2D eigenvalue weighted by molar-refractivity contribution is 5.27. The van der Waals surface area contributed by atoms with E-state index in [1.165, 1.54) is 24.1 Å². The van der Waals surface area contributed by atoms with E-state index in [2.05, 4.69) is 16.5 Å². The second kappa shape index (κ2) is 6.83. The molecule has 0 saturated carbocycles. The molecule has 2 rings (SSSR count). The lowest BCUT2D eigenvalue weighted by atomic mass is 9.81.